The van der Waals surface area contributed by atoms with Gasteiger partial charge < -0.3 is 14.2 Å². The largest absolute Gasteiger partial charge is 0.494 e. The summed E-state index contributed by atoms with van der Waals surface area (Å²) < 4.78 is 10.3. The number of fused-ring (bicyclic) bond motifs is 3. The van der Waals surface area contributed by atoms with Gasteiger partial charge in [0.15, 0.2) is 11.2 Å². The van der Waals surface area contributed by atoms with Crippen LogP contribution in [0.5, 0.6) is 5.75 Å². The maximum absolute atomic E-state index is 13.4. The molecule has 0 amide bonds. The van der Waals surface area contributed by atoms with E-state index in [1.54, 1.807) is 7.05 Å². The van der Waals surface area contributed by atoms with Crippen LogP contribution in [-0.4, -0.2) is 31.8 Å². The van der Waals surface area contributed by atoms with Crippen molar-refractivity contribution in [3.63, 3.8) is 0 Å². The van der Waals surface area contributed by atoms with Crippen molar-refractivity contribution in [3.8, 4) is 5.75 Å². The van der Waals surface area contributed by atoms with Gasteiger partial charge in [0.25, 0.3) is 5.56 Å². The number of aromatic nitrogens is 4. The zero-order valence-electron chi connectivity index (χ0n) is 18.9. The van der Waals surface area contributed by atoms with Gasteiger partial charge in [0.2, 0.25) is 5.95 Å². The number of ether oxygens (including phenoxy) is 1. The lowest BCUT2D eigenvalue weighted by Gasteiger charge is -2.16. The van der Waals surface area contributed by atoms with Crippen molar-refractivity contribution in [2.45, 2.75) is 32.9 Å². The van der Waals surface area contributed by atoms with Gasteiger partial charge >= 0.3 is 5.69 Å². The van der Waals surface area contributed by atoms with Crippen LogP contribution in [0.15, 0.2) is 64.2 Å². The SMILES string of the molecule is CCOc1ccc(N2CCn3c2nc2c3c(=O)n(CCCc3ccccc3)c(=O)n2C)cc1. The van der Waals surface area contributed by atoms with Crippen LogP contribution in [0.1, 0.15) is 18.9 Å². The van der Waals surface area contributed by atoms with E-state index in [1.807, 2.05) is 54.0 Å². The summed E-state index contributed by atoms with van der Waals surface area (Å²) in [5.74, 6) is 1.50. The van der Waals surface area contributed by atoms with Gasteiger partial charge in [-0.05, 0) is 49.6 Å². The van der Waals surface area contributed by atoms with Gasteiger partial charge in [0.05, 0.1) is 6.61 Å². The molecule has 0 aliphatic carbocycles. The van der Waals surface area contributed by atoms with Crippen LogP contribution in [-0.2, 0) is 26.6 Å². The number of nitrogens with zero attached hydrogens (tertiary/aromatic N) is 5. The van der Waals surface area contributed by atoms with Crippen LogP contribution in [0.2, 0.25) is 0 Å². The van der Waals surface area contributed by atoms with Crippen LogP contribution in [0.3, 0.4) is 0 Å². The molecule has 0 N–H and O–H groups in total. The molecule has 0 radical (unpaired) electrons. The molecule has 0 fully saturated rings. The molecule has 5 rings (SSSR count). The smallest absolute Gasteiger partial charge is 0.332 e. The number of hydrogen-bond acceptors (Lipinski definition) is 5. The van der Waals surface area contributed by atoms with Crippen molar-refractivity contribution in [1.82, 2.24) is 18.7 Å². The highest BCUT2D eigenvalue weighted by Crippen LogP contribution is 2.32. The van der Waals surface area contributed by atoms with E-state index in [4.69, 9.17) is 9.72 Å². The normalized spacial score (nSPS) is 13.0. The first-order chi connectivity index (χ1) is 16.1. The molecule has 0 atom stereocenters. The summed E-state index contributed by atoms with van der Waals surface area (Å²) >= 11 is 0. The molecule has 0 spiro atoms. The summed E-state index contributed by atoms with van der Waals surface area (Å²) in [4.78, 5) is 33.1. The third-order valence-corrected chi connectivity index (χ3v) is 6.15. The number of benzene rings is 2. The Morgan fingerprint density at radius 1 is 1.00 bits per heavy atom. The molecule has 33 heavy (non-hydrogen) atoms. The summed E-state index contributed by atoms with van der Waals surface area (Å²) in [6.07, 6.45) is 1.52. The quantitative estimate of drug-likeness (QED) is 0.437. The molecule has 8 nitrogen and oxygen atoms in total. The highest BCUT2D eigenvalue weighted by molar-refractivity contribution is 5.77. The van der Waals surface area contributed by atoms with E-state index >= 15 is 0 Å². The zero-order valence-corrected chi connectivity index (χ0v) is 18.9. The lowest BCUT2D eigenvalue weighted by Crippen LogP contribution is -2.39. The van der Waals surface area contributed by atoms with Gasteiger partial charge in [-0.2, -0.15) is 4.98 Å². The molecule has 2 aromatic carbocycles. The predicted octanol–water partition coefficient (Wildman–Crippen LogP) is 3.08. The fourth-order valence-corrected chi connectivity index (χ4v) is 4.49. The molecule has 4 aromatic rings. The molecule has 8 heteroatoms. The highest BCUT2D eigenvalue weighted by Gasteiger charge is 2.28. The number of rotatable bonds is 7. The van der Waals surface area contributed by atoms with E-state index in [0.717, 1.165) is 17.9 Å². The van der Waals surface area contributed by atoms with E-state index in [9.17, 15) is 9.59 Å². The molecule has 0 saturated carbocycles. The Kier molecular flexibility index (Phi) is 5.50. The topological polar surface area (TPSA) is 74.3 Å². The number of anilines is 2. The summed E-state index contributed by atoms with van der Waals surface area (Å²) in [6.45, 7) is 4.29. The highest BCUT2D eigenvalue weighted by atomic mass is 16.5. The molecule has 1 aliphatic rings. The maximum Gasteiger partial charge on any atom is 0.332 e. The van der Waals surface area contributed by atoms with Crippen LogP contribution in [0.4, 0.5) is 11.6 Å². The second-order valence-electron chi connectivity index (χ2n) is 8.20. The average Bonchev–Trinajstić information content (AvgIpc) is 3.41. The van der Waals surface area contributed by atoms with E-state index in [-0.39, 0.29) is 11.2 Å². The Bertz CT molecular complexity index is 1400. The lowest BCUT2D eigenvalue weighted by atomic mass is 10.1. The Labute approximate surface area is 191 Å². The molecule has 2 aromatic heterocycles. The second-order valence-corrected chi connectivity index (χ2v) is 8.20. The molecule has 0 unspecified atom stereocenters. The third-order valence-electron chi connectivity index (χ3n) is 6.15. The lowest BCUT2D eigenvalue weighted by molar-refractivity contribution is 0.340. The van der Waals surface area contributed by atoms with Crippen molar-refractivity contribution in [1.29, 1.82) is 0 Å². The number of imidazole rings is 1. The van der Waals surface area contributed by atoms with Crippen LogP contribution in [0.25, 0.3) is 11.2 Å². The molecule has 170 valence electrons. The monoisotopic (exact) mass is 445 g/mol. The van der Waals surface area contributed by atoms with E-state index in [2.05, 4.69) is 17.0 Å². The molecule has 3 heterocycles. The molecular formula is C25H27N5O3. The fourth-order valence-electron chi connectivity index (χ4n) is 4.49. The Hall–Kier alpha value is -3.81. The minimum absolute atomic E-state index is 0.270. The fraction of sp³-hybridized carbons (Fsp3) is 0.320. The first kappa shape index (κ1) is 21.1. The standard InChI is InChI=1S/C25H27N5O3/c1-3-33-20-13-11-19(12-14-20)28-16-17-29-21-22(26-24(28)29)27(2)25(32)30(23(21)31)15-7-10-18-8-5-4-6-9-18/h4-6,8-9,11-14H,3,7,10,15-17H2,1-2H3. The average molecular weight is 446 g/mol. The number of hydrogen-bond donors (Lipinski definition) is 0. The van der Waals surface area contributed by atoms with Crippen LogP contribution < -0.4 is 20.9 Å². The second kappa shape index (κ2) is 8.61. The first-order valence-corrected chi connectivity index (χ1v) is 11.3. The predicted molar refractivity (Wildman–Crippen MR) is 129 cm³/mol. The van der Waals surface area contributed by atoms with Crippen molar-refractivity contribution < 1.29 is 4.74 Å². The summed E-state index contributed by atoms with van der Waals surface area (Å²) in [5.41, 5.74) is 2.48. The van der Waals surface area contributed by atoms with Crippen molar-refractivity contribution in [3.05, 3.63) is 81.0 Å². The molecule has 1 aliphatic heterocycles. The van der Waals surface area contributed by atoms with Gasteiger partial charge in [-0.15, -0.1) is 0 Å². The van der Waals surface area contributed by atoms with Crippen molar-refractivity contribution in [2.75, 3.05) is 18.1 Å². The minimum atomic E-state index is -0.329. The summed E-state index contributed by atoms with van der Waals surface area (Å²) in [5, 5.41) is 0. The van der Waals surface area contributed by atoms with Crippen LogP contribution >= 0.6 is 0 Å². The van der Waals surface area contributed by atoms with Gasteiger partial charge in [-0.1, -0.05) is 30.3 Å². The number of aryl methyl sites for hydroxylation is 2. The van der Waals surface area contributed by atoms with E-state index in [1.165, 1.54) is 14.7 Å². The Morgan fingerprint density at radius 3 is 2.48 bits per heavy atom. The molecule has 0 saturated heterocycles. The van der Waals surface area contributed by atoms with Crippen molar-refractivity contribution in [2.24, 2.45) is 7.05 Å². The molecular weight excluding hydrogens is 418 g/mol. The third kappa shape index (κ3) is 3.71. The van der Waals surface area contributed by atoms with Crippen molar-refractivity contribution >= 4 is 22.8 Å². The Morgan fingerprint density at radius 2 is 1.76 bits per heavy atom. The van der Waals surface area contributed by atoms with E-state index < -0.39 is 0 Å². The van der Waals surface area contributed by atoms with Gasteiger partial charge in [-0.3, -0.25) is 13.9 Å². The van der Waals surface area contributed by atoms with Gasteiger partial charge in [-0.25, -0.2) is 4.79 Å². The summed E-state index contributed by atoms with van der Waals surface area (Å²) in [6, 6.07) is 17.9. The van der Waals surface area contributed by atoms with Gasteiger partial charge in [0, 0.05) is 32.4 Å². The summed E-state index contributed by atoms with van der Waals surface area (Å²) in [7, 11) is 1.68. The van der Waals surface area contributed by atoms with E-state index in [0.29, 0.717) is 49.8 Å². The molecule has 0 bridgehead atoms. The maximum atomic E-state index is 13.4. The zero-order chi connectivity index (χ0) is 22.9. The van der Waals surface area contributed by atoms with Gasteiger partial charge in [0.1, 0.15) is 5.75 Å². The first-order valence-electron chi connectivity index (χ1n) is 11.3. The van der Waals surface area contributed by atoms with Crippen LogP contribution in [0, 0.1) is 0 Å². The Balaban J connectivity index is 1.48. The minimum Gasteiger partial charge on any atom is -0.494 e.